The van der Waals surface area contributed by atoms with Crippen molar-refractivity contribution in [1.82, 2.24) is 9.80 Å². The lowest BCUT2D eigenvalue weighted by atomic mass is 10.1. The van der Waals surface area contributed by atoms with Gasteiger partial charge < -0.3 is 19.9 Å². The smallest absolute Gasteiger partial charge is 0.238 e. The maximum Gasteiger partial charge on any atom is 0.238 e. The maximum absolute atomic E-state index is 12.7. The zero-order valence-electron chi connectivity index (χ0n) is 25.9. The third kappa shape index (κ3) is 6.69. The summed E-state index contributed by atoms with van der Waals surface area (Å²) in [7, 11) is 1.35. The van der Waals surface area contributed by atoms with Gasteiger partial charge in [0.1, 0.15) is 12.6 Å². The Labute approximate surface area is 195 Å². The molecule has 1 aliphatic rings. The molecule has 1 heterocycles. The normalized spacial score (nSPS) is 21.7. The average molecular weight is 436 g/mol. The van der Waals surface area contributed by atoms with Crippen molar-refractivity contribution in [3.8, 4) is 11.5 Å². The highest BCUT2D eigenvalue weighted by atomic mass is 16.5. The molecule has 2 aromatic rings. The molecule has 0 aliphatic carbocycles. The summed E-state index contributed by atoms with van der Waals surface area (Å²) in [5.41, 5.74) is 1.09. The van der Waals surface area contributed by atoms with Gasteiger partial charge in [0.15, 0.2) is 11.5 Å². The minimum atomic E-state index is -3.35. The number of benzene rings is 2. The average Bonchev–Trinajstić information content (AvgIpc) is 2.89. The fourth-order valence-electron chi connectivity index (χ4n) is 3.19. The van der Waals surface area contributed by atoms with Gasteiger partial charge in [-0.1, -0.05) is 30.3 Å². The molecular weight excluding hydrogens is 394 g/mol. The van der Waals surface area contributed by atoms with Crippen LogP contribution in [0, 0.1) is 13.8 Å². The molecule has 7 heteroatoms. The van der Waals surface area contributed by atoms with Crippen LogP contribution in [-0.2, 0) is 4.79 Å². The first kappa shape index (κ1) is 14.5. The van der Waals surface area contributed by atoms with Gasteiger partial charge in [-0.3, -0.25) is 14.6 Å². The fourth-order valence-corrected chi connectivity index (χ4v) is 3.19. The van der Waals surface area contributed by atoms with Crippen LogP contribution in [0.2, 0.25) is 0 Å². The molecule has 2 N–H and O–H groups in total. The van der Waals surface area contributed by atoms with E-state index in [4.69, 9.17) is 20.4 Å². The second-order valence-electron chi connectivity index (χ2n) is 7.13. The first-order chi connectivity index (χ1) is 18.0. The summed E-state index contributed by atoms with van der Waals surface area (Å²) in [6, 6.07) is 5.59. The molecule has 1 atom stereocenters. The van der Waals surface area contributed by atoms with E-state index in [-0.39, 0.29) is 62.4 Å². The van der Waals surface area contributed by atoms with Crippen molar-refractivity contribution in [2.24, 2.45) is 0 Å². The molecule has 168 valence electrons. The van der Waals surface area contributed by atoms with E-state index in [9.17, 15) is 9.90 Å². The van der Waals surface area contributed by atoms with Gasteiger partial charge in [0.05, 0.1) is 21.9 Å². The molecule has 3 rings (SSSR count). The third-order valence-electron chi connectivity index (χ3n) is 4.84. The van der Waals surface area contributed by atoms with Crippen LogP contribution in [0.25, 0.3) is 0 Å². The Bertz CT molecular complexity index is 1190. The molecule has 0 radical (unpaired) electrons. The minimum absolute atomic E-state index is 0.00839. The minimum Gasteiger partial charge on any atom is -0.493 e. The Morgan fingerprint density at radius 2 is 1.81 bits per heavy atom. The number of carbonyl (C=O) groups excluding carboxylic acids is 1. The number of nitrogens with one attached hydrogen (secondary N) is 1. The number of rotatable bonds is 9. The first-order valence-corrected chi connectivity index (χ1v) is 9.93. The Hall–Kier alpha value is -2.61. The summed E-state index contributed by atoms with van der Waals surface area (Å²) in [6.45, 7) is -2.54. The highest BCUT2D eigenvalue weighted by Crippen LogP contribution is 2.25. The predicted octanol–water partition coefficient (Wildman–Crippen LogP) is 2.31. The molecule has 1 unspecified atom stereocenters. The van der Waals surface area contributed by atoms with E-state index >= 15 is 0 Å². The van der Waals surface area contributed by atoms with E-state index in [1.807, 2.05) is 0 Å². The molecule has 2 aromatic carbocycles. The van der Waals surface area contributed by atoms with E-state index in [0.29, 0.717) is 16.8 Å². The van der Waals surface area contributed by atoms with Crippen molar-refractivity contribution in [3.63, 3.8) is 0 Å². The van der Waals surface area contributed by atoms with Crippen molar-refractivity contribution in [2.75, 3.05) is 58.2 Å². The maximum atomic E-state index is 12.7. The lowest BCUT2D eigenvalue weighted by molar-refractivity contribution is -0.117. The largest absolute Gasteiger partial charge is 0.493 e. The van der Waals surface area contributed by atoms with Gasteiger partial charge in [-0.2, -0.15) is 0 Å². The molecule has 1 amide bonds. The van der Waals surface area contributed by atoms with E-state index in [1.165, 1.54) is 19.2 Å². The number of β-amino-alcohol motifs (C(OH)–C–C–N with tert-alkyl or cyclic N) is 1. The van der Waals surface area contributed by atoms with Crippen LogP contribution < -0.4 is 14.8 Å². The third-order valence-corrected chi connectivity index (χ3v) is 4.84. The number of piperazine rings is 1. The second-order valence-corrected chi connectivity index (χ2v) is 7.13. The summed E-state index contributed by atoms with van der Waals surface area (Å²) in [4.78, 5) is 15.6. The fraction of sp³-hybridized carbons (Fsp3) is 0.458. The molecule has 7 nitrogen and oxygen atoms in total. The number of para-hydroxylation sites is 3. The predicted molar refractivity (Wildman–Crippen MR) is 122 cm³/mol. The van der Waals surface area contributed by atoms with Crippen molar-refractivity contribution >= 4 is 11.6 Å². The number of anilines is 1. The standard InChI is InChI=1S/C24H33N3O4/c1-18-7-6-8-19(2)24(18)25-23(29)16-27-13-11-26(12-14-27)15-20(28)17-31-22-10-5-4-9-21(22)30-3/h4-10,20,28H,11-17H2,1-3H3,(H,25,29)/i6D,7D,8D,15D2,17D2,20D. The number of ether oxygens (including phenoxy) is 2. The van der Waals surface area contributed by atoms with E-state index in [0.717, 1.165) is 4.90 Å². The molecule has 1 saturated heterocycles. The lowest BCUT2D eigenvalue weighted by Crippen LogP contribution is -2.50. The van der Waals surface area contributed by atoms with Crippen molar-refractivity contribution in [1.29, 1.82) is 0 Å². The number of hydrogen-bond donors (Lipinski definition) is 2. The molecule has 0 bridgehead atoms. The van der Waals surface area contributed by atoms with Gasteiger partial charge in [0, 0.05) is 41.1 Å². The number of nitrogens with zero attached hydrogens (tertiary/aromatic N) is 2. The van der Waals surface area contributed by atoms with Gasteiger partial charge in [-0.15, -0.1) is 0 Å². The highest BCUT2D eigenvalue weighted by molar-refractivity contribution is 5.93. The van der Waals surface area contributed by atoms with Crippen molar-refractivity contribution < 1.29 is 30.3 Å². The SMILES string of the molecule is [2H]c1c([2H])c(C)c(NC(=O)CN2CCN(C([2H])([2H])C([2H])(O)C([2H])([2H])Oc3ccccc3OC)CC2)c(C)c1[2H]. The van der Waals surface area contributed by atoms with Gasteiger partial charge in [-0.05, 0) is 37.1 Å². The van der Waals surface area contributed by atoms with Crippen molar-refractivity contribution in [2.45, 2.75) is 19.9 Å². The van der Waals surface area contributed by atoms with Crippen molar-refractivity contribution in [3.05, 3.63) is 53.5 Å². The first-order valence-electron chi connectivity index (χ1n) is 13.9. The number of aliphatic hydroxyl groups is 1. The Kier molecular flexibility index (Phi) is 5.19. The Morgan fingerprint density at radius 1 is 1.19 bits per heavy atom. The van der Waals surface area contributed by atoms with E-state index in [2.05, 4.69) is 5.32 Å². The van der Waals surface area contributed by atoms with Crippen LogP contribution >= 0.6 is 0 Å². The molecular formula is C24H33N3O4. The summed E-state index contributed by atoms with van der Waals surface area (Å²) < 4.78 is 75.8. The zero-order valence-corrected chi connectivity index (χ0v) is 17.9. The monoisotopic (exact) mass is 435 g/mol. The lowest BCUT2D eigenvalue weighted by Gasteiger charge is -2.35. The zero-order chi connectivity index (χ0) is 29.3. The topological polar surface area (TPSA) is 74.3 Å². The second kappa shape index (κ2) is 11.1. The summed E-state index contributed by atoms with van der Waals surface area (Å²) >= 11 is 0. The molecule has 0 aromatic heterocycles. The number of hydrogen-bond acceptors (Lipinski definition) is 6. The Morgan fingerprint density at radius 3 is 2.45 bits per heavy atom. The quantitative estimate of drug-likeness (QED) is 0.630. The highest BCUT2D eigenvalue weighted by Gasteiger charge is 2.21. The molecule has 0 saturated carbocycles. The van der Waals surface area contributed by atoms with Crippen LogP contribution in [-0.4, -0.2) is 79.8 Å². The molecule has 1 fully saturated rings. The van der Waals surface area contributed by atoms with Crippen LogP contribution in [0.4, 0.5) is 5.69 Å². The molecule has 1 aliphatic heterocycles. The van der Waals surface area contributed by atoms with E-state index in [1.54, 1.807) is 30.9 Å². The van der Waals surface area contributed by atoms with Gasteiger partial charge in [0.2, 0.25) is 5.91 Å². The summed E-state index contributed by atoms with van der Waals surface area (Å²) in [5.74, 6) is -0.350. The van der Waals surface area contributed by atoms with Gasteiger partial charge >= 0.3 is 0 Å². The van der Waals surface area contributed by atoms with Crippen LogP contribution in [0.1, 0.15) is 22.1 Å². The molecule has 0 spiro atoms. The van der Waals surface area contributed by atoms with Gasteiger partial charge in [0.25, 0.3) is 0 Å². The van der Waals surface area contributed by atoms with Crippen LogP contribution in [0.5, 0.6) is 11.5 Å². The van der Waals surface area contributed by atoms with E-state index < -0.39 is 25.0 Å². The summed E-state index contributed by atoms with van der Waals surface area (Å²) in [5, 5.41) is 13.5. The van der Waals surface area contributed by atoms with Crippen LogP contribution in [0.3, 0.4) is 0 Å². The number of amides is 1. The number of methoxy groups -OCH3 is 1. The van der Waals surface area contributed by atoms with Crippen LogP contribution in [0.15, 0.2) is 42.4 Å². The number of carbonyl (C=O) groups is 1. The Balaban J connectivity index is 1.65. The molecule has 31 heavy (non-hydrogen) atoms. The summed E-state index contributed by atoms with van der Waals surface area (Å²) in [6.07, 6.45) is -3.35. The van der Waals surface area contributed by atoms with Gasteiger partial charge in [-0.25, -0.2) is 0 Å².